The van der Waals surface area contributed by atoms with Crippen LogP contribution in [0.15, 0.2) is 30.5 Å². The molecule has 0 spiro atoms. The van der Waals surface area contributed by atoms with Gasteiger partial charge in [0.1, 0.15) is 18.1 Å². The number of carbonyl (C=O) groups is 4. The number of para-hydroxylation sites is 1. The molecule has 3 amide bonds. The molecule has 11 nitrogen and oxygen atoms in total. The Morgan fingerprint density at radius 3 is 2.18 bits per heavy atom. The van der Waals surface area contributed by atoms with Gasteiger partial charge < -0.3 is 37.5 Å². The average Bonchev–Trinajstić information content (AvgIpc) is 3.28. The molecule has 9 N–H and O–H groups in total. The smallest absolute Gasteiger partial charge is 0.326 e. The van der Waals surface area contributed by atoms with Crippen LogP contribution in [0.3, 0.4) is 0 Å². The molecular formula is C28H44N6O5. The minimum Gasteiger partial charge on any atom is -0.480 e. The van der Waals surface area contributed by atoms with Gasteiger partial charge in [0, 0.05) is 23.5 Å². The highest BCUT2D eigenvalue weighted by Crippen LogP contribution is 2.20. The lowest BCUT2D eigenvalue weighted by Gasteiger charge is -2.26. The second-order valence-electron chi connectivity index (χ2n) is 10.8. The molecule has 0 aliphatic rings. The highest BCUT2D eigenvalue weighted by Gasteiger charge is 2.32. The third-order valence-corrected chi connectivity index (χ3v) is 6.61. The maximum Gasteiger partial charge on any atom is 0.326 e. The maximum absolute atomic E-state index is 13.5. The van der Waals surface area contributed by atoms with Crippen molar-refractivity contribution in [3.05, 3.63) is 36.0 Å². The van der Waals surface area contributed by atoms with Gasteiger partial charge in [0.2, 0.25) is 17.7 Å². The van der Waals surface area contributed by atoms with Crippen LogP contribution < -0.4 is 27.4 Å². The van der Waals surface area contributed by atoms with Gasteiger partial charge in [0.25, 0.3) is 0 Å². The molecule has 2 aromatic rings. The zero-order chi connectivity index (χ0) is 29.1. The van der Waals surface area contributed by atoms with Gasteiger partial charge in [-0.25, -0.2) is 4.79 Å². The summed E-state index contributed by atoms with van der Waals surface area (Å²) in [6, 6.07) is 3.64. The molecule has 216 valence electrons. The van der Waals surface area contributed by atoms with Crippen LogP contribution in [0.2, 0.25) is 0 Å². The first-order valence-electron chi connectivity index (χ1n) is 13.6. The number of rotatable bonds is 16. The molecule has 4 atom stereocenters. The van der Waals surface area contributed by atoms with Crippen molar-refractivity contribution >= 4 is 34.6 Å². The zero-order valence-electron chi connectivity index (χ0n) is 23.3. The summed E-state index contributed by atoms with van der Waals surface area (Å²) in [4.78, 5) is 54.5. The minimum absolute atomic E-state index is 0.0627. The van der Waals surface area contributed by atoms with E-state index in [9.17, 15) is 24.3 Å². The predicted molar refractivity (Wildman–Crippen MR) is 151 cm³/mol. The Morgan fingerprint density at radius 2 is 1.56 bits per heavy atom. The van der Waals surface area contributed by atoms with Crippen LogP contribution in [0.4, 0.5) is 0 Å². The predicted octanol–water partition coefficient (Wildman–Crippen LogP) is 1.41. The molecule has 1 aromatic carbocycles. The maximum atomic E-state index is 13.5. The number of amides is 3. The van der Waals surface area contributed by atoms with Crippen LogP contribution in [-0.4, -0.2) is 64.5 Å². The molecule has 2 rings (SSSR count). The van der Waals surface area contributed by atoms with E-state index in [4.69, 9.17) is 11.5 Å². The van der Waals surface area contributed by atoms with E-state index < -0.39 is 47.9 Å². The number of H-pyrrole nitrogens is 1. The molecule has 11 heteroatoms. The average molecular weight is 545 g/mol. The monoisotopic (exact) mass is 544 g/mol. The second kappa shape index (κ2) is 15.2. The van der Waals surface area contributed by atoms with E-state index in [2.05, 4.69) is 20.9 Å². The van der Waals surface area contributed by atoms with Crippen molar-refractivity contribution in [1.29, 1.82) is 0 Å². The summed E-state index contributed by atoms with van der Waals surface area (Å²) in [7, 11) is 0. The fraction of sp³-hybridized carbons (Fsp3) is 0.571. The number of fused-ring (bicyclic) bond motifs is 1. The molecule has 0 fully saturated rings. The number of aromatic amines is 1. The summed E-state index contributed by atoms with van der Waals surface area (Å²) in [5, 5.41) is 18.6. The number of benzene rings is 1. The molecule has 0 aliphatic heterocycles. The van der Waals surface area contributed by atoms with Gasteiger partial charge in [-0.2, -0.15) is 0 Å². The zero-order valence-corrected chi connectivity index (χ0v) is 23.3. The normalized spacial score (nSPS) is 14.6. The van der Waals surface area contributed by atoms with Crippen LogP contribution in [0.1, 0.15) is 58.9 Å². The van der Waals surface area contributed by atoms with Gasteiger partial charge in [-0.3, -0.25) is 14.4 Å². The Bertz CT molecular complexity index is 1110. The number of carbonyl (C=O) groups excluding carboxylic acids is 3. The highest BCUT2D eigenvalue weighted by molar-refractivity contribution is 5.95. The Morgan fingerprint density at radius 1 is 0.923 bits per heavy atom. The van der Waals surface area contributed by atoms with E-state index >= 15 is 0 Å². The van der Waals surface area contributed by atoms with E-state index in [-0.39, 0.29) is 18.3 Å². The van der Waals surface area contributed by atoms with Crippen molar-refractivity contribution < 1.29 is 24.3 Å². The van der Waals surface area contributed by atoms with Gasteiger partial charge >= 0.3 is 5.97 Å². The van der Waals surface area contributed by atoms with Crippen molar-refractivity contribution in [2.45, 2.75) is 84.0 Å². The van der Waals surface area contributed by atoms with Crippen LogP contribution >= 0.6 is 0 Å². The Balaban J connectivity index is 2.28. The van der Waals surface area contributed by atoms with Crippen LogP contribution in [0.25, 0.3) is 10.9 Å². The Kier molecular flexibility index (Phi) is 12.4. The summed E-state index contributed by atoms with van der Waals surface area (Å²) in [5.41, 5.74) is 13.2. The third-order valence-electron chi connectivity index (χ3n) is 6.61. The molecule has 39 heavy (non-hydrogen) atoms. The quantitative estimate of drug-likeness (QED) is 0.155. The fourth-order valence-corrected chi connectivity index (χ4v) is 4.39. The molecule has 0 radical (unpaired) electrons. The molecular weight excluding hydrogens is 500 g/mol. The number of aliphatic carboxylic acids is 1. The van der Waals surface area contributed by atoms with Crippen LogP contribution in [-0.2, 0) is 25.6 Å². The molecule has 4 unspecified atom stereocenters. The van der Waals surface area contributed by atoms with Crippen molar-refractivity contribution in [2.75, 3.05) is 6.54 Å². The topological polar surface area (TPSA) is 192 Å². The second-order valence-corrected chi connectivity index (χ2v) is 10.8. The molecule has 0 saturated carbocycles. The molecule has 1 heterocycles. The molecule has 0 saturated heterocycles. The SMILES string of the molecule is CC(C)CC(NC(=O)C(N)CCCCN)C(=O)NC(Cc1c[nH]c2ccccc12)C(=O)NC(C(=O)O)C(C)C. The number of hydrogen-bond acceptors (Lipinski definition) is 6. The summed E-state index contributed by atoms with van der Waals surface area (Å²) >= 11 is 0. The van der Waals surface area contributed by atoms with Crippen LogP contribution in [0, 0.1) is 11.8 Å². The summed E-state index contributed by atoms with van der Waals surface area (Å²) in [5.74, 6) is -3.08. The van der Waals surface area contributed by atoms with E-state index in [1.165, 1.54) is 0 Å². The number of nitrogens with two attached hydrogens (primary N) is 2. The van der Waals surface area contributed by atoms with E-state index in [0.717, 1.165) is 22.9 Å². The van der Waals surface area contributed by atoms with E-state index in [1.54, 1.807) is 20.0 Å². The fourth-order valence-electron chi connectivity index (χ4n) is 4.39. The molecule has 1 aromatic heterocycles. The number of hydrogen-bond donors (Lipinski definition) is 7. The Hall–Kier alpha value is -3.44. The number of aromatic nitrogens is 1. The third kappa shape index (κ3) is 9.67. The summed E-state index contributed by atoms with van der Waals surface area (Å²) < 4.78 is 0. The largest absolute Gasteiger partial charge is 0.480 e. The van der Waals surface area contributed by atoms with Crippen molar-refractivity contribution in [3.63, 3.8) is 0 Å². The van der Waals surface area contributed by atoms with E-state index in [1.807, 2.05) is 38.1 Å². The lowest BCUT2D eigenvalue weighted by Crippen LogP contribution is -2.58. The minimum atomic E-state index is -1.16. The molecule has 0 bridgehead atoms. The highest BCUT2D eigenvalue weighted by atomic mass is 16.4. The first-order valence-corrected chi connectivity index (χ1v) is 13.6. The summed E-state index contributed by atoms with van der Waals surface area (Å²) in [6.45, 7) is 7.73. The van der Waals surface area contributed by atoms with Crippen LogP contribution in [0.5, 0.6) is 0 Å². The number of carboxylic acid groups (broad SMARTS) is 1. The van der Waals surface area contributed by atoms with E-state index in [0.29, 0.717) is 25.8 Å². The first-order chi connectivity index (χ1) is 18.4. The van der Waals surface area contributed by atoms with Crippen molar-refractivity contribution in [1.82, 2.24) is 20.9 Å². The summed E-state index contributed by atoms with van der Waals surface area (Å²) in [6.07, 6.45) is 4.10. The van der Waals surface area contributed by atoms with Gasteiger partial charge in [-0.15, -0.1) is 0 Å². The number of nitrogens with one attached hydrogen (secondary N) is 4. The van der Waals surface area contributed by atoms with Crippen molar-refractivity contribution in [2.24, 2.45) is 23.3 Å². The first kappa shape index (κ1) is 31.8. The number of unbranched alkanes of at least 4 members (excludes halogenated alkanes) is 1. The lowest BCUT2D eigenvalue weighted by atomic mass is 9.99. The number of carboxylic acids is 1. The van der Waals surface area contributed by atoms with Gasteiger partial charge in [-0.1, -0.05) is 52.3 Å². The Labute approximate surface area is 229 Å². The van der Waals surface area contributed by atoms with Crippen molar-refractivity contribution in [3.8, 4) is 0 Å². The lowest BCUT2D eigenvalue weighted by molar-refractivity contribution is -0.143. The van der Waals surface area contributed by atoms with Gasteiger partial charge in [0.15, 0.2) is 0 Å². The van der Waals surface area contributed by atoms with Gasteiger partial charge in [-0.05, 0) is 49.3 Å². The molecule has 0 aliphatic carbocycles. The van der Waals surface area contributed by atoms with Gasteiger partial charge in [0.05, 0.1) is 6.04 Å². The standard InChI is InChI=1S/C28H44N6O5/c1-16(2)13-22(32-25(35)20(30)10-7-8-12-29)26(36)33-23(27(37)34-24(17(3)4)28(38)39)14-18-15-31-21-11-6-5-9-19(18)21/h5-6,9,11,15-17,20,22-24,31H,7-8,10,12-14,29-30H2,1-4H3,(H,32,35)(H,33,36)(H,34,37)(H,38,39).